The van der Waals surface area contributed by atoms with Crippen LogP contribution in [0, 0.1) is 5.92 Å². The van der Waals surface area contributed by atoms with Gasteiger partial charge in [-0.05, 0) is 43.9 Å². The van der Waals surface area contributed by atoms with Crippen molar-refractivity contribution in [3.8, 4) is 11.5 Å². The van der Waals surface area contributed by atoms with Crippen molar-refractivity contribution in [3.05, 3.63) is 29.6 Å². The normalized spacial score (nSPS) is 19.6. The van der Waals surface area contributed by atoms with E-state index in [9.17, 15) is 9.59 Å². The number of thioether (sulfide) groups is 1. The van der Waals surface area contributed by atoms with Crippen molar-refractivity contribution in [1.82, 2.24) is 25.4 Å². The summed E-state index contributed by atoms with van der Waals surface area (Å²) >= 11 is 1.37. The van der Waals surface area contributed by atoms with Crippen molar-refractivity contribution in [2.45, 2.75) is 63.8 Å². The van der Waals surface area contributed by atoms with Crippen LogP contribution in [0.15, 0.2) is 23.4 Å². The molecular weight excluding hydrogens is 430 g/mol. The summed E-state index contributed by atoms with van der Waals surface area (Å²) in [6.07, 6.45) is 4.64. The van der Waals surface area contributed by atoms with Crippen LogP contribution in [-0.4, -0.2) is 45.2 Å². The molecule has 0 spiro atoms. The highest BCUT2D eigenvalue weighted by Gasteiger charge is 2.23. The maximum Gasteiger partial charge on any atom is 0.251 e. The van der Waals surface area contributed by atoms with Crippen molar-refractivity contribution in [3.63, 3.8) is 0 Å². The van der Waals surface area contributed by atoms with Crippen LogP contribution in [0.5, 0.6) is 11.5 Å². The number of hydrogen-bond donors (Lipinski definition) is 2. The molecule has 1 aliphatic heterocycles. The maximum absolute atomic E-state index is 12.5. The minimum atomic E-state index is -0.232. The van der Waals surface area contributed by atoms with E-state index in [1.165, 1.54) is 31.0 Å². The number of benzene rings is 1. The van der Waals surface area contributed by atoms with Crippen LogP contribution in [0.2, 0.25) is 0 Å². The summed E-state index contributed by atoms with van der Waals surface area (Å²) in [7, 11) is 0. The van der Waals surface area contributed by atoms with Gasteiger partial charge in [-0.2, -0.15) is 0 Å². The zero-order chi connectivity index (χ0) is 22.5. The lowest BCUT2D eigenvalue weighted by Crippen LogP contribution is -2.41. The van der Waals surface area contributed by atoms with E-state index in [0.717, 1.165) is 6.42 Å². The van der Waals surface area contributed by atoms with Crippen molar-refractivity contribution in [2.75, 3.05) is 12.5 Å². The summed E-state index contributed by atoms with van der Waals surface area (Å²) in [5, 5.41) is 15.2. The predicted octanol–water partition coefficient (Wildman–Crippen LogP) is 2.74. The lowest BCUT2D eigenvalue weighted by atomic mass is 9.86. The number of carbonyl (C=O) groups is 2. The summed E-state index contributed by atoms with van der Waals surface area (Å²) in [4.78, 5) is 25.0. The van der Waals surface area contributed by atoms with Gasteiger partial charge < -0.3 is 24.7 Å². The molecule has 0 saturated heterocycles. The first-order valence-electron chi connectivity index (χ1n) is 11.1. The van der Waals surface area contributed by atoms with Gasteiger partial charge in [0.15, 0.2) is 22.5 Å². The molecule has 1 aliphatic carbocycles. The number of nitrogens with zero attached hydrogens (tertiary/aromatic N) is 3. The van der Waals surface area contributed by atoms with Crippen LogP contribution in [0.4, 0.5) is 0 Å². The molecule has 10 heteroatoms. The van der Waals surface area contributed by atoms with E-state index in [-0.39, 0.29) is 31.2 Å². The van der Waals surface area contributed by atoms with Gasteiger partial charge in [0.1, 0.15) is 0 Å². The third-order valence-corrected chi connectivity index (χ3v) is 6.91. The quantitative estimate of drug-likeness (QED) is 0.585. The third kappa shape index (κ3) is 5.17. The average Bonchev–Trinajstić information content (AvgIpc) is 3.43. The number of fused-ring (bicyclic) bond motifs is 1. The van der Waals surface area contributed by atoms with E-state index in [0.29, 0.717) is 46.3 Å². The second-order valence-corrected chi connectivity index (χ2v) is 9.06. The monoisotopic (exact) mass is 459 g/mol. The van der Waals surface area contributed by atoms with E-state index in [1.54, 1.807) is 18.2 Å². The maximum atomic E-state index is 12.5. The molecule has 0 bridgehead atoms. The molecule has 1 fully saturated rings. The van der Waals surface area contributed by atoms with Gasteiger partial charge in [-0.1, -0.05) is 31.5 Å². The number of hydrogen-bond acceptors (Lipinski definition) is 7. The van der Waals surface area contributed by atoms with E-state index in [4.69, 9.17) is 9.47 Å². The number of carbonyl (C=O) groups excluding carboxylic acids is 2. The Bertz CT molecular complexity index is 979. The van der Waals surface area contributed by atoms with Crippen molar-refractivity contribution >= 4 is 23.6 Å². The number of ether oxygens (including phenoxy) is 2. The van der Waals surface area contributed by atoms with E-state index in [1.807, 2.05) is 11.5 Å². The molecule has 1 aromatic heterocycles. The highest BCUT2D eigenvalue weighted by atomic mass is 32.2. The Morgan fingerprint density at radius 2 is 2.00 bits per heavy atom. The highest BCUT2D eigenvalue weighted by molar-refractivity contribution is 7.99. The molecule has 2 heterocycles. The third-order valence-electron chi connectivity index (χ3n) is 5.94. The van der Waals surface area contributed by atoms with Gasteiger partial charge in [-0.25, -0.2) is 0 Å². The van der Waals surface area contributed by atoms with Gasteiger partial charge in [-0.3, -0.25) is 9.59 Å². The molecule has 2 aromatic rings. The Labute approximate surface area is 191 Å². The summed E-state index contributed by atoms with van der Waals surface area (Å²) in [5.41, 5.74) is 0.486. The molecule has 1 saturated carbocycles. The predicted molar refractivity (Wildman–Crippen MR) is 120 cm³/mol. The van der Waals surface area contributed by atoms with E-state index in [2.05, 4.69) is 27.8 Å². The fourth-order valence-corrected chi connectivity index (χ4v) is 4.92. The molecule has 2 aliphatic rings. The van der Waals surface area contributed by atoms with Crippen molar-refractivity contribution < 1.29 is 19.1 Å². The first kappa shape index (κ1) is 22.4. The lowest BCUT2D eigenvalue weighted by molar-refractivity contribution is -0.119. The van der Waals surface area contributed by atoms with Gasteiger partial charge in [0.05, 0.1) is 12.3 Å². The second kappa shape index (κ2) is 10.2. The second-order valence-electron chi connectivity index (χ2n) is 8.12. The summed E-state index contributed by atoms with van der Waals surface area (Å²) < 4.78 is 12.5. The Balaban J connectivity index is 1.30. The van der Waals surface area contributed by atoms with Crippen LogP contribution >= 0.6 is 11.8 Å². The minimum absolute atomic E-state index is 0.0251. The van der Waals surface area contributed by atoms with Crippen LogP contribution < -0.4 is 20.1 Å². The number of amides is 2. The topological polar surface area (TPSA) is 107 Å². The molecule has 0 unspecified atom stereocenters. The standard InChI is InChI=1S/C22H29N5O4S/c1-3-27-19(11-23-21(29)15-8-9-17-18(10-15)31-13-30-17)25-26-22(27)32-12-20(28)24-16-7-5-4-6-14(16)2/h8-10,14,16H,3-7,11-13H2,1-2H3,(H,23,29)(H,24,28)/t14-,16-/m0/s1. The van der Waals surface area contributed by atoms with E-state index < -0.39 is 0 Å². The molecule has 2 amide bonds. The van der Waals surface area contributed by atoms with Crippen LogP contribution in [-0.2, 0) is 17.9 Å². The SMILES string of the molecule is CCn1c(CNC(=O)c2ccc3c(c2)OCO3)nnc1SCC(=O)N[C@H]1CCCC[C@@H]1C. The molecular formula is C22H29N5O4S. The van der Waals surface area contributed by atoms with Crippen LogP contribution in [0.3, 0.4) is 0 Å². The summed E-state index contributed by atoms with van der Waals surface area (Å²) in [6.45, 7) is 5.24. The van der Waals surface area contributed by atoms with Gasteiger partial charge in [-0.15, -0.1) is 10.2 Å². The van der Waals surface area contributed by atoms with Crippen molar-refractivity contribution in [1.29, 1.82) is 0 Å². The fourth-order valence-electron chi connectivity index (χ4n) is 4.08. The van der Waals surface area contributed by atoms with Crippen molar-refractivity contribution in [2.24, 2.45) is 5.92 Å². The van der Waals surface area contributed by atoms with Gasteiger partial charge in [0, 0.05) is 18.2 Å². The Morgan fingerprint density at radius 3 is 2.81 bits per heavy atom. The van der Waals surface area contributed by atoms with Gasteiger partial charge in [0.25, 0.3) is 5.91 Å². The molecule has 2 atom stereocenters. The van der Waals surface area contributed by atoms with Gasteiger partial charge >= 0.3 is 0 Å². The lowest BCUT2D eigenvalue weighted by Gasteiger charge is -2.29. The molecule has 9 nitrogen and oxygen atoms in total. The highest BCUT2D eigenvalue weighted by Crippen LogP contribution is 2.32. The number of nitrogens with one attached hydrogen (secondary N) is 2. The Hall–Kier alpha value is -2.75. The summed E-state index contributed by atoms with van der Waals surface area (Å²) in [5.74, 6) is 2.46. The van der Waals surface area contributed by atoms with Crippen LogP contribution in [0.1, 0.15) is 55.7 Å². The molecule has 1 aromatic carbocycles. The average molecular weight is 460 g/mol. The van der Waals surface area contributed by atoms with Crippen LogP contribution in [0.25, 0.3) is 0 Å². The van der Waals surface area contributed by atoms with E-state index >= 15 is 0 Å². The molecule has 32 heavy (non-hydrogen) atoms. The Morgan fingerprint density at radius 1 is 1.19 bits per heavy atom. The fraction of sp³-hybridized carbons (Fsp3) is 0.545. The largest absolute Gasteiger partial charge is 0.454 e. The Kier molecular flexibility index (Phi) is 7.19. The molecule has 2 N–H and O–H groups in total. The molecule has 172 valence electrons. The zero-order valence-electron chi connectivity index (χ0n) is 18.4. The molecule has 4 rings (SSSR count). The number of aromatic nitrogens is 3. The summed E-state index contributed by atoms with van der Waals surface area (Å²) in [6, 6.07) is 5.35. The smallest absolute Gasteiger partial charge is 0.251 e. The first-order chi connectivity index (χ1) is 15.5. The first-order valence-corrected chi connectivity index (χ1v) is 12.1. The molecule has 0 radical (unpaired) electrons. The van der Waals surface area contributed by atoms with Gasteiger partial charge in [0.2, 0.25) is 12.7 Å². The zero-order valence-corrected chi connectivity index (χ0v) is 19.2. The minimum Gasteiger partial charge on any atom is -0.454 e. The number of rotatable bonds is 8.